The summed E-state index contributed by atoms with van der Waals surface area (Å²) in [7, 11) is 1.71. The Kier molecular flexibility index (Phi) is 5.85. The fraction of sp³-hybridized carbons (Fsp3) is 0.211. The molecule has 0 spiro atoms. The van der Waals surface area contributed by atoms with Crippen LogP contribution in [0.4, 0.5) is 14.5 Å². The number of aromatic nitrogens is 3. The van der Waals surface area contributed by atoms with Crippen molar-refractivity contribution in [2.45, 2.75) is 18.6 Å². The topological polar surface area (TPSA) is 51.0 Å². The molecular weight excluding hydrogens is 370 g/mol. The number of amides is 1. The van der Waals surface area contributed by atoms with Crippen LogP contribution in [-0.2, 0) is 11.3 Å². The van der Waals surface area contributed by atoms with Gasteiger partial charge < -0.3 is 9.47 Å². The minimum atomic E-state index is -0.700. The zero-order chi connectivity index (χ0) is 19.4. The molecule has 0 N–H and O–H groups in total. The highest BCUT2D eigenvalue weighted by Crippen LogP contribution is 2.26. The van der Waals surface area contributed by atoms with Crippen molar-refractivity contribution in [3.05, 3.63) is 60.2 Å². The first kappa shape index (κ1) is 19.0. The molecule has 0 unspecified atom stereocenters. The van der Waals surface area contributed by atoms with Crippen LogP contribution in [0.15, 0.2) is 53.7 Å². The van der Waals surface area contributed by atoms with Gasteiger partial charge in [-0.1, -0.05) is 30.0 Å². The molecule has 0 aliphatic rings. The average Bonchev–Trinajstić information content (AvgIpc) is 3.08. The molecule has 3 aromatic rings. The van der Waals surface area contributed by atoms with Crippen LogP contribution in [0.5, 0.6) is 0 Å². The molecule has 0 aliphatic heterocycles. The second-order valence-corrected chi connectivity index (χ2v) is 6.69. The molecule has 0 saturated carbocycles. The molecule has 1 aromatic heterocycles. The number of hydrogen-bond donors (Lipinski definition) is 0. The van der Waals surface area contributed by atoms with Crippen LogP contribution in [-0.4, -0.2) is 33.5 Å². The summed E-state index contributed by atoms with van der Waals surface area (Å²) in [5.74, 6) is -0.973. The molecule has 3 rings (SSSR count). The van der Waals surface area contributed by atoms with E-state index in [1.807, 2.05) is 37.3 Å². The number of nitrogens with zero attached hydrogens (tertiary/aromatic N) is 4. The number of para-hydroxylation sites is 1. The van der Waals surface area contributed by atoms with Gasteiger partial charge in [0.2, 0.25) is 5.91 Å². The van der Waals surface area contributed by atoms with Crippen LogP contribution in [0.1, 0.15) is 6.92 Å². The minimum absolute atomic E-state index is 0.0913. The number of halogens is 2. The van der Waals surface area contributed by atoms with E-state index in [1.165, 1.54) is 23.9 Å². The maximum atomic E-state index is 14.1. The highest BCUT2D eigenvalue weighted by molar-refractivity contribution is 7.99. The van der Waals surface area contributed by atoms with E-state index in [0.717, 1.165) is 11.8 Å². The van der Waals surface area contributed by atoms with Gasteiger partial charge in [0.15, 0.2) is 11.0 Å². The van der Waals surface area contributed by atoms with Crippen LogP contribution >= 0.6 is 11.8 Å². The third-order valence-electron chi connectivity index (χ3n) is 4.05. The predicted molar refractivity (Wildman–Crippen MR) is 102 cm³/mol. The molecule has 0 atom stereocenters. The zero-order valence-electron chi connectivity index (χ0n) is 14.9. The molecule has 1 heterocycles. The van der Waals surface area contributed by atoms with E-state index in [2.05, 4.69) is 10.2 Å². The van der Waals surface area contributed by atoms with E-state index in [0.29, 0.717) is 17.5 Å². The number of hydrogen-bond acceptors (Lipinski definition) is 4. The highest BCUT2D eigenvalue weighted by Gasteiger charge is 2.19. The van der Waals surface area contributed by atoms with Gasteiger partial charge in [-0.05, 0) is 31.2 Å². The lowest BCUT2D eigenvalue weighted by Gasteiger charge is -2.16. The molecular formula is C19H18F2N4OS. The largest absolute Gasteiger partial charge is 0.315 e. The number of rotatable bonds is 6. The third-order valence-corrected chi connectivity index (χ3v) is 5.00. The summed E-state index contributed by atoms with van der Waals surface area (Å²) in [6, 6.07) is 12.7. The molecule has 5 nitrogen and oxygen atoms in total. The van der Waals surface area contributed by atoms with Crippen LogP contribution < -0.4 is 4.90 Å². The smallest absolute Gasteiger partial charge is 0.237 e. The van der Waals surface area contributed by atoms with E-state index < -0.39 is 11.6 Å². The fourth-order valence-electron chi connectivity index (χ4n) is 2.57. The fourth-order valence-corrected chi connectivity index (χ4v) is 3.49. The summed E-state index contributed by atoms with van der Waals surface area (Å²) in [5.41, 5.74) is 0.972. The van der Waals surface area contributed by atoms with E-state index >= 15 is 0 Å². The van der Waals surface area contributed by atoms with Gasteiger partial charge in [-0.15, -0.1) is 10.2 Å². The quantitative estimate of drug-likeness (QED) is 0.599. The first-order chi connectivity index (χ1) is 13.0. The number of thioether (sulfide) groups is 1. The standard InChI is InChI=1S/C19H18F2N4OS/c1-3-25-18(15-10-9-13(20)11-16(15)21)22-23-19(25)27-12-17(26)24(2)14-7-5-4-6-8-14/h4-11H,3,12H2,1-2H3. The Morgan fingerprint density at radius 1 is 1.15 bits per heavy atom. The van der Waals surface area contributed by atoms with Gasteiger partial charge in [0.05, 0.1) is 11.3 Å². The third kappa shape index (κ3) is 4.16. The normalized spacial score (nSPS) is 10.8. The molecule has 2 aromatic carbocycles. The summed E-state index contributed by atoms with van der Waals surface area (Å²) in [4.78, 5) is 14.0. The van der Waals surface area contributed by atoms with Gasteiger partial charge in [-0.25, -0.2) is 8.78 Å². The maximum absolute atomic E-state index is 14.1. The number of carbonyl (C=O) groups excluding carboxylic acids is 1. The minimum Gasteiger partial charge on any atom is -0.315 e. The summed E-state index contributed by atoms with van der Waals surface area (Å²) < 4.78 is 28.9. The molecule has 0 fully saturated rings. The van der Waals surface area contributed by atoms with Crippen molar-refractivity contribution in [1.29, 1.82) is 0 Å². The Morgan fingerprint density at radius 2 is 1.89 bits per heavy atom. The van der Waals surface area contributed by atoms with Gasteiger partial charge in [0, 0.05) is 25.3 Å². The van der Waals surface area contributed by atoms with E-state index in [9.17, 15) is 13.6 Å². The summed E-state index contributed by atoms with van der Waals surface area (Å²) in [5, 5.41) is 8.61. The molecule has 27 heavy (non-hydrogen) atoms. The Morgan fingerprint density at radius 3 is 2.56 bits per heavy atom. The second kappa shape index (κ2) is 8.30. The molecule has 0 radical (unpaired) electrons. The number of anilines is 1. The second-order valence-electron chi connectivity index (χ2n) is 5.75. The van der Waals surface area contributed by atoms with Gasteiger partial charge in [0.1, 0.15) is 11.6 Å². The lowest BCUT2D eigenvalue weighted by Crippen LogP contribution is -2.27. The van der Waals surface area contributed by atoms with Crippen molar-refractivity contribution in [3.63, 3.8) is 0 Å². The van der Waals surface area contributed by atoms with Gasteiger partial charge in [0.25, 0.3) is 0 Å². The van der Waals surface area contributed by atoms with Crippen LogP contribution in [0.25, 0.3) is 11.4 Å². The molecule has 0 saturated heterocycles. The first-order valence-electron chi connectivity index (χ1n) is 8.34. The van der Waals surface area contributed by atoms with Crippen LogP contribution in [0, 0.1) is 11.6 Å². The van der Waals surface area contributed by atoms with Crippen LogP contribution in [0.2, 0.25) is 0 Å². The van der Waals surface area contributed by atoms with Gasteiger partial charge in [-0.2, -0.15) is 0 Å². The molecule has 1 amide bonds. The Hall–Kier alpha value is -2.74. The highest BCUT2D eigenvalue weighted by atomic mass is 32.2. The summed E-state index contributed by atoms with van der Waals surface area (Å²) >= 11 is 1.23. The van der Waals surface area contributed by atoms with Crippen molar-refractivity contribution in [2.75, 3.05) is 17.7 Å². The van der Waals surface area contributed by atoms with Crippen molar-refractivity contribution in [1.82, 2.24) is 14.8 Å². The van der Waals surface area contributed by atoms with Crippen molar-refractivity contribution in [2.24, 2.45) is 0 Å². The van der Waals surface area contributed by atoms with Gasteiger partial charge >= 0.3 is 0 Å². The van der Waals surface area contributed by atoms with Crippen LogP contribution in [0.3, 0.4) is 0 Å². The molecule has 0 aliphatic carbocycles. The lowest BCUT2D eigenvalue weighted by atomic mass is 10.2. The maximum Gasteiger partial charge on any atom is 0.237 e. The molecule has 8 heteroatoms. The molecule has 0 bridgehead atoms. The van der Waals surface area contributed by atoms with E-state index in [-0.39, 0.29) is 17.2 Å². The van der Waals surface area contributed by atoms with Crippen molar-refractivity contribution < 1.29 is 13.6 Å². The van der Waals surface area contributed by atoms with E-state index in [4.69, 9.17) is 0 Å². The number of carbonyl (C=O) groups is 1. The van der Waals surface area contributed by atoms with Crippen molar-refractivity contribution in [3.8, 4) is 11.4 Å². The van der Waals surface area contributed by atoms with Crippen molar-refractivity contribution >= 4 is 23.4 Å². The SMILES string of the molecule is CCn1c(SCC(=O)N(C)c2ccccc2)nnc1-c1ccc(F)cc1F. The Labute approximate surface area is 160 Å². The average molecular weight is 388 g/mol. The monoisotopic (exact) mass is 388 g/mol. The summed E-state index contributed by atoms with van der Waals surface area (Å²) in [6.07, 6.45) is 0. The predicted octanol–water partition coefficient (Wildman–Crippen LogP) is 4.00. The Balaban J connectivity index is 1.76. The first-order valence-corrected chi connectivity index (χ1v) is 9.32. The molecule has 140 valence electrons. The van der Waals surface area contributed by atoms with E-state index in [1.54, 1.807) is 16.5 Å². The zero-order valence-corrected chi connectivity index (χ0v) is 15.7. The lowest BCUT2D eigenvalue weighted by molar-refractivity contribution is -0.115. The summed E-state index contributed by atoms with van der Waals surface area (Å²) in [6.45, 7) is 2.36. The van der Waals surface area contributed by atoms with Gasteiger partial charge in [-0.3, -0.25) is 4.79 Å². The number of benzene rings is 2. The Bertz CT molecular complexity index is 946.